The Morgan fingerprint density at radius 1 is 0.974 bits per heavy atom. The number of unbranched alkanes of at least 4 members (excludes halogenated alkanes) is 1. The van der Waals surface area contributed by atoms with Gasteiger partial charge in [0.2, 0.25) is 11.8 Å². The summed E-state index contributed by atoms with van der Waals surface area (Å²) in [6, 6.07) is 16.9. The summed E-state index contributed by atoms with van der Waals surface area (Å²) in [6.07, 6.45) is 1.61. The summed E-state index contributed by atoms with van der Waals surface area (Å²) in [6.45, 7) is 2.94. The fourth-order valence-electron chi connectivity index (χ4n) is 3.85. The maximum absolute atomic E-state index is 14.6. The Morgan fingerprint density at radius 3 is 2.31 bits per heavy atom. The Kier molecular flexibility index (Phi) is 10.7. The number of carbonyl (C=O) groups is 2. The highest BCUT2D eigenvalue weighted by Gasteiger charge is 2.33. The number of amides is 2. The van der Waals surface area contributed by atoms with Gasteiger partial charge < -0.3 is 10.2 Å². The van der Waals surface area contributed by atoms with Crippen molar-refractivity contribution >= 4 is 50.7 Å². The second kappa shape index (κ2) is 13.8. The zero-order valence-electron chi connectivity index (χ0n) is 21.6. The number of nitrogens with zero attached hydrogens (tertiary/aromatic N) is 2. The molecule has 39 heavy (non-hydrogen) atoms. The Hall–Kier alpha value is -3.14. The van der Waals surface area contributed by atoms with Gasteiger partial charge in [-0.25, -0.2) is 12.8 Å². The van der Waals surface area contributed by atoms with Gasteiger partial charge in [-0.15, -0.1) is 0 Å². The minimum atomic E-state index is -4.30. The summed E-state index contributed by atoms with van der Waals surface area (Å²) in [5.41, 5.74) is 0.171. The van der Waals surface area contributed by atoms with Crippen LogP contribution in [0.2, 0.25) is 10.0 Å². The molecule has 0 aromatic heterocycles. The van der Waals surface area contributed by atoms with E-state index in [2.05, 4.69) is 5.32 Å². The summed E-state index contributed by atoms with van der Waals surface area (Å²) >= 11 is 12.6. The predicted octanol–water partition coefficient (Wildman–Crippen LogP) is 5.66. The van der Waals surface area contributed by atoms with Crippen LogP contribution >= 0.6 is 23.2 Å². The SMILES string of the molecule is CCCCNC(=O)C(C)N(Cc1ccccc1F)C(=O)CN(c1cccc(Cl)c1Cl)S(=O)(=O)c1ccccc1. The van der Waals surface area contributed by atoms with Crippen molar-refractivity contribution in [3.8, 4) is 0 Å². The summed E-state index contributed by atoms with van der Waals surface area (Å²) in [5, 5.41) is 2.82. The molecular formula is C28H30Cl2FN3O4S. The van der Waals surface area contributed by atoms with E-state index in [9.17, 15) is 22.4 Å². The van der Waals surface area contributed by atoms with Crippen molar-refractivity contribution in [1.29, 1.82) is 0 Å². The molecule has 1 N–H and O–H groups in total. The number of hydrogen-bond acceptors (Lipinski definition) is 4. The molecular weight excluding hydrogens is 564 g/mol. The molecule has 0 spiro atoms. The highest BCUT2D eigenvalue weighted by Crippen LogP contribution is 2.35. The first-order valence-corrected chi connectivity index (χ1v) is 14.6. The van der Waals surface area contributed by atoms with Gasteiger partial charge in [0.25, 0.3) is 10.0 Å². The number of rotatable bonds is 12. The molecule has 3 rings (SSSR count). The van der Waals surface area contributed by atoms with Crippen LogP contribution in [0.15, 0.2) is 77.7 Å². The average Bonchev–Trinajstić information content (AvgIpc) is 2.93. The molecule has 0 bridgehead atoms. The average molecular weight is 595 g/mol. The number of carbonyl (C=O) groups excluding carboxylic acids is 2. The first kappa shape index (κ1) is 30.4. The van der Waals surface area contributed by atoms with Gasteiger partial charge in [0.1, 0.15) is 18.4 Å². The van der Waals surface area contributed by atoms with Crippen molar-refractivity contribution in [3.05, 3.63) is 94.2 Å². The van der Waals surface area contributed by atoms with E-state index in [1.807, 2.05) is 6.92 Å². The highest BCUT2D eigenvalue weighted by molar-refractivity contribution is 7.92. The van der Waals surface area contributed by atoms with Crippen molar-refractivity contribution in [2.24, 2.45) is 0 Å². The van der Waals surface area contributed by atoms with Crippen LogP contribution in [-0.2, 0) is 26.2 Å². The highest BCUT2D eigenvalue weighted by atomic mass is 35.5. The lowest BCUT2D eigenvalue weighted by molar-refractivity contribution is -0.139. The summed E-state index contributed by atoms with van der Waals surface area (Å²) in [4.78, 5) is 27.9. The quantitative estimate of drug-likeness (QED) is 0.274. The number of benzene rings is 3. The molecule has 0 aliphatic carbocycles. The fraction of sp³-hybridized carbons (Fsp3) is 0.286. The van der Waals surface area contributed by atoms with Gasteiger partial charge in [-0.2, -0.15) is 0 Å². The van der Waals surface area contributed by atoms with Gasteiger partial charge in [-0.3, -0.25) is 13.9 Å². The molecule has 7 nitrogen and oxygen atoms in total. The van der Waals surface area contributed by atoms with Crippen LogP contribution in [0.4, 0.5) is 10.1 Å². The van der Waals surface area contributed by atoms with E-state index in [0.29, 0.717) is 6.54 Å². The van der Waals surface area contributed by atoms with Crippen molar-refractivity contribution in [3.63, 3.8) is 0 Å². The number of halogens is 3. The third-order valence-electron chi connectivity index (χ3n) is 6.11. The lowest BCUT2D eigenvalue weighted by atomic mass is 10.1. The van der Waals surface area contributed by atoms with E-state index < -0.39 is 40.2 Å². The lowest BCUT2D eigenvalue weighted by Crippen LogP contribution is -2.51. The summed E-state index contributed by atoms with van der Waals surface area (Å²) in [7, 11) is -4.30. The molecule has 0 aliphatic heterocycles. The van der Waals surface area contributed by atoms with Gasteiger partial charge in [0, 0.05) is 18.7 Å². The van der Waals surface area contributed by atoms with Crippen LogP contribution < -0.4 is 9.62 Å². The standard InChI is InChI=1S/C28H30Cl2FN3O4S/c1-3-4-17-32-28(36)20(2)33(18-21-11-8-9-15-24(21)31)26(35)19-34(25-16-10-14-23(29)27(25)30)39(37,38)22-12-6-5-7-13-22/h5-16,20H,3-4,17-19H2,1-2H3,(H,32,36). The van der Waals surface area contributed by atoms with Crippen molar-refractivity contribution in [2.45, 2.75) is 44.2 Å². The van der Waals surface area contributed by atoms with Gasteiger partial charge in [0.15, 0.2) is 0 Å². The van der Waals surface area contributed by atoms with E-state index >= 15 is 0 Å². The molecule has 0 saturated heterocycles. The molecule has 0 fully saturated rings. The third kappa shape index (κ3) is 7.50. The number of hydrogen-bond donors (Lipinski definition) is 1. The van der Waals surface area contributed by atoms with Crippen LogP contribution in [0.25, 0.3) is 0 Å². The van der Waals surface area contributed by atoms with Gasteiger partial charge >= 0.3 is 0 Å². The molecule has 11 heteroatoms. The number of sulfonamides is 1. The smallest absolute Gasteiger partial charge is 0.264 e. The van der Waals surface area contributed by atoms with Crippen LogP contribution in [0.1, 0.15) is 32.3 Å². The molecule has 0 saturated carbocycles. The van der Waals surface area contributed by atoms with Crippen LogP contribution in [-0.4, -0.2) is 44.3 Å². The van der Waals surface area contributed by atoms with Gasteiger partial charge in [-0.05, 0) is 43.7 Å². The fourth-order valence-corrected chi connectivity index (χ4v) is 5.74. The molecule has 0 radical (unpaired) electrons. The minimum absolute atomic E-state index is 0.00717. The monoisotopic (exact) mass is 593 g/mol. The zero-order chi connectivity index (χ0) is 28.6. The number of nitrogens with one attached hydrogen (secondary N) is 1. The van der Waals surface area contributed by atoms with Crippen molar-refractivity contribution in [1.82, 2.24) is 10.2 Å². The molecule has 2 amide bonds. The number of anilines is 1. The molecule has 1 unspecified atom stereocenters. The first-order valence-electron chi connectivity index (χ1n) is 12.4. The van der Waals surface area contributed by atoms with E-state index in [-0.39, 0.29) is 32.7 Å². The first-order chi connectivity index (χ1) is 18.6. The van der Waals surface area contributed by atoms with Gasteiger partial charge in [0.05, 0.1) is 20.6 Å². The second-order valence-corrected chi connectivity index (χ2v) is 11.5. The third-order valence-corrected chi connectivity index (χ3v) is 8.69. The Balaban J connectivity index is 2.04. The summed E-state index contributed by atoms with van der Waals surface area (Å²) in [5.74, 6) is -1.72. The molecule has 3 aromatic carbocycles. The zero-order valence-corrected chi connectivity index (χ0v) is 23.9. The topological polar surface area (TPSA) is 86.8 Å². The largest absolute Gasteiger partial charge is 0.354 e. The van der Waals surface area contributed by atoms with Crippen LogP contribution in [0.5, 0.6) is 0 Å². The molecule has 208 valence electrons. The van der Waals surface area contributed by atoms with Crippen LogP contribution in [0, 0.1) is 5.82 Å². The minimum Gasteiger partial charge on any atom is -0.354 e. The Bertz CT molecular complexity index is 1410. The summed E-state index contributed by atoms with van der Waals surface area (Å²) < 4.78 is 43.0. The maximum atomic E-state index is 14.6. The van der Waals surface area contributed by atoms with Crippen LogP contribution in [0.3, 0.4) is 0 Å². The van der Waals surface area contributed by atoms with Crippen molar-refractivity contribution in [2.75, 3.05) is 17.4 Å². The van der Waals surface area contributed by atoms with E-state index in [0.717, 1.165) is 22.0 Å². The van der Waals surface area contributed by atoms with E-state index in [4.69, 9.17) is 23.2 Å². The lowest BCUT2D eigenvalue weighted by Gasteiger charge is -2.32. The predicted molar refractivity (Wildman–Crippen MR) is 152 cm³/mol. The Morgan fingerprint density at radius 2 is 1.64 bits per heavy atom. The van der Waals surface area contributed by atoms with Gasteiger partial charge in [-0.1, -0.05) is 79.0 Å². The normalized spacial score (nSPS) is 12.0. The van der Waals surface area contributed by atoms with Crippen molar-refractivity contribution < 1.29 is 22.4 Å². The molecule has 0 heterocycles. The molecule has 3 aromatic rings. The van der Waals surface area contributed by atoms with E-state index in [1.54, 1.807) is 24.3 Å². The molecule has 0 aliphatic rings. The second-order valence-electron chi connectivity index (χ2n) is 8.83. The molecule has 1 atom stereocenters. The maximum Gasteiger partial charge on any atom is 0.264 e. The van der Waals surface area contributed by atoms with E-state index in [1.165, 1.54) is 55.5 Å². The Labute approximate surface area is 238 Å².